The zero-order valence-electron chi connectivity index (χ0n) is 47.3. The largest absolute Gasteiger partial charge is 0.460 e. The fourth-order valence-electron chi connectivity index (χ4n) is 13.4. The molecule has 2 aliphatic heterocycles. The van der Waals surface area contributed by atoms with Crippen LogP contribution >= 0.6 is 0 Å². The first kappa shape index (κ1) is 63.3. The van der Waals surface area contributed by atoms with Gasteiger partial charge in [0.25, 0.3) is 6.71 Å². The number of nitrogens with zero attached hydrogens (tertiary/aromatic N) is 1. The topological polar surface area (TPSA) is 23.4 Å². The summed E-state index contributed by atoms with van der Waals surface area (Å²) in [7, 11) is 225. The molecule has 0 fully saturated rings. The molecule has 0 unspecified atom stereocenters. The molecular weight excluding hydrogens is 1050 g/mol. The molecule has 90 heavy (non-hydrogen) atoms. The van der Waals surface area contributed by atoms with Crippen molar-refractivity contribution in [2.75, 3.05) is 0 Å². The average Bonchev–Trinajstić information content (AvgIpc) is 1.02. The van der Waals surface area contributed by atoms with E-state index in [1.54, 1.807) is 0 Å². The number of benzene rings is 9. The van der Waals surface area contributed by atoms with Crippen molar-refractivity contribution in [3.8, 4) is 84.3 Å². The van der Waals surface area contributed by atoms with Gasteiger partial charge in [-0.15, -0.1) is 87.4 Å². The van der Waals surface area contributed by atoms with Crippen molar-refractivity contribution in [2.45, 2.75) is 0 Å². The van der Waals surface area contributed by atoms with Crippen molar-refractivity contribution < 1.29 is 9.47 Å². The third-order valence-corrected chi connectivity index (χ3v) is 18.1. The summed E-state index contributed by atoms with van der Waals surface area (Å²) < 4.78 is 15.1. The van der Waals surface area contributed by atoms with Crippen LogP contribution in [-0.4, -0.2) is 262 Å². The summed E-state index contributed by atoms with van der Waals surface area (Å²) in [4.78, 5) is 0. The zero-order valence-corrected chi connectivity index (χ0v) is 47.3. The van der Waals surface area contributed by atoms with Gasteiger partial charge in [0, 0.05) is 22.2 Å². The average molecular weight is 1050 g/mol. The first-order valence-electron chi connectivity index (χ1n) is 26.6. The van der Waals surface area contributed by atoms with Crippen molar-refractivity contribution >= 4 is 471 Å². The van der Waals surface area contributed by atoms with Gasteiger partial charge in [-0.3, -0.25) is 0 Å². The summed E-state index contributed by atoms with van der Waals surface area (Å²) in [6, 6.07) is 0. The number of hydrogen-bond acceptors (Lipinski definition) is 2. The van der Waals surface area contributed by atoms with E-state index in [2.05, 4.69) is 0 Å². The van der Waals surface area contributed by atoms with Gasteiger partial charge in [0.05, 0.1) is 0 Å². The van der Waals surface area contributed by atoms with Crippen molar-refractivity contribution in [1.82, 2.24) is 4.57 Å². The van der Waals surface area contributed by atoms with Crippen LogP contribution in [0, 0.1) is 0 Å². The lowest BCUT2D eigenvalue weighted by Gasteiger charge is -2.41. The summed E-state index contributed by atoms with van der Waals surface area (Å²) in [5.41, 5.74) is -9.54. The summed E-state index contributed by atoms with van der Waals surface area (Å²) in [6.45, 7) is -1.25. The predicted octanol–water partition coefficient (Wildman–Crippen LogP) is -26.4. The van der Waals surface area contributed by atoms with Crippen LogP contribution < -0.4 is 201 Å². The van der Waals surface area contributed by atoms with E-state index in [0.717, 1.165) is 0 Å². The van der Waals surface area contributed by atoms with Gasteiger partial charge >= 0.3 is 0 Å². The van der Waals surface area contributed by atoms with Crippen molar-refractivity contribution in [1.29, 1.82) is 0 Å². The monoisotopic (exact) mass is 1060 g/mol. The van der Waals surface area contributed by atoms with E-state index in [1.165, 1.54) is 4.57 Å². The van der Waals surface area contributed by atoms with E-state index in [-0.39, 0.29) is 286 Å². The predicted molar refractivity (Wildman–Crippen MR) is 412 cm³/mol. The molecule has 1 aliphatic carbocycles. The molecule has 1 aromatic heterocycles. The number of fused-ring (bicyclic) bond motifs is 15. The molecule has 0 N–H and O–H groups in total. The van der Waals surface area contributed by atoms with Crippen molar-refractivity contribution in [3.05, 3.63) is 0 Å². The summed E-state index contributed by atoms with van der Waals surface area (Å²) in [6.07, 6.45) is 0. The highest BCUT2D eigenvalue weighted by Gasteiger charge is 2.46. The van der Waals surface area contributed by atoms with E-state index in [4.69, 9.17) is 261 Å². The highest BCUT2D eigenvalue weighted by molar-refractivity contribution is 7.04. The molecule has 0 saturated carbocycles. The molecule has 3 aliphatic rings. The Morgan fingerprint density at radius 1 is 0.178 bits per heavy atom. The van der Waals surface area contributed by atoms with E-state index in [0.29, 0.717) is 0 Å². The molecule has 13 rings (SSSR count). The summed E-state index contributed by atoms with van der Waals surface area (Å²) >= 11 is 0. The van der Waals surface area contributed by atoms with E-state index in [9.17, 15) is 0 Å². The Hall–Kier alpha value is -5.48. The Labute approximate surface area is 565 Å². The standard InChI is InChI=1S/C54B33NO2/c55-13-1-2-3(15(57)26(68)25(67)14(2)56)4-5(17(59)28(70)27(69)16(4)58)6-7(19(61)30(72)29(71)18(6)60)8(1)22(64)48(88-49-11(20(62)31(73)35(77)41(49)83)12-21(63)32(74)36(78)42(84)50(12)88)10(13)9-23(65)51-47-52(24(9)66)90-54-44(86)38(80)34(76)40(82)46(54)87(47)45-39(81)33(75)37(79)43(85)53(45)89-51. The maximum absolute atomic E-state index is 8.11. The third kappa shape index (κ3) is 7.72. The maximum atomic E-state index is 8.11. The smallest absolute Gasteiger partial charge is 0.258 e. The van der Waals surface area contributed by atoms with Gasteiger partial charge in [0.2, 0.25) is 0 Å². The van der Waals surface area contributed by atoms with Crippen LogP contribution in [0.1, 0.15) is 0 Å². The van der Waals surface area contributed by atoms with E-state index < -0.39 is 17.6 Å². The minimum atomic E-state index is -1.25. The summed E-state index contributed by atoms with van der Waals surface area (Å²) in [5.74, 6) is -0.793. The first-order valence-corrected chi connectivity index (χ1v) is 26.6. The second kappa shape index (κ2) is 21.0. The highest BCUT2D eigenvalue weighted by Crippen LogP contribution is 2.46. The Bertz CT molecular complexity index is 5050. The Morgan fingerprint density at radius 3 is 0.722 bits per heavy atom. The van der Waals surface area contributed by atoms with Gasteiger partial charge in [0.1, 0.15) is 274 Å². The molecule has 0 atom stereocenters. The Morgan fingerprint density at radius 2 is 0.411 bits per heavy atom. The molecule has 3 heterocycles. The van der Waals surface area contributed by atoms with Crippen molar-refractivity contribution in [3.63, 3.8) is 0 Å². The molecule has 0 saturated heterocycles. The molecular formula is C54B33NO2. The fourth-order valence-corrected chi connectivity index (χ4v) is 13.4. The van der Waals surface area contributed by atoms with Crippen LogP contribution in [0.3, 0.4) is 0 Å². The number of rotatable bonds is 2. The first-order chi connectivity index (χ1) is 42.1. The van der Waals surface area contributed by atoms with E-state index in [1.807, 2.05) is 0 Å². The maximum Gasteiger partial charge on any atom is 0.258 e. The minimum absolute atomic E-state index is 0.0110. The minimum Gasteiger partial charge on any atom is -0.460 e. The van der Waals surface area contributed by atoms with Crippen LogP contribution in [0.25, 0.3) is 83.1 Å². The molecule has 0 amide bonds. The van der Waals surface area contributed by atoms with Crippen LogP contribution in [0.5, 0.6) is 23.0 Å². The van der Waals surface area contributed by atoms with Crippen LogP contribution in [0.4, 0.5) is 0 Å². The normalized spacial score (nSPS) is 12.5. The Balaban J connectivity index is 1.38. The van der Waals surface area contributed by atoms with Gasteiger partial charge < -0.3 is 14.0 Å². The molecule has 332 valence electrons. The van der Waals surface area contributed by atoms with E-state index >= 15 is 0 Å². The Kier molecular flexibility index (Phi) is 14.8. The molecule has 64 radical (unpaired) electrons. The quantitative estimate of drug-likeness (QED) is 0.161. The van der Waals surface area contributed by atoms with Gasteiger partial charge in [-0.2, -0.15) is 0 Å². The van der Waals surface area contributed by atoms with Crippen molar-refractivity contribution in [2.24, 2.45) is 0 Å². The van der Waals surface area contributed by atoms with Crippen LogP contribution in [0.15, 0.2) is 0 Å². The van der Waals surface area contributed by atoms with Crippen LogP contribution in [0.2, 0.25) is 0 Å². The lowest BCUT2D eigenvalue weighted by atomic mass is 9.30. The zero-order chi connectivity index (χ0) is 65.7. The number of ether oxygens (including phenoxy) is 2. The van der Waals surface area contributed by atoms with Gasteiger partial charge in [-0.05, 0) is 88.3 Å². The van der Waals surface area contributed by atoms with Gasteiger partial charge in [0.15, 0.2) is 0 Å². The molecule has 0 bridgehead atoms. The molecule has 3 nitrogen and oxygen atoms in total. The van der Waals surface area contributed by atoms with Crippen LogP contribution in [-0.2, 0) is 0 Å². The second-order valence-electron chi connectivity index (χ2n) is 22.3. The van der Waals surface area contributed by atoms with Gasteiger partial charge in [-0.25, -0.2) is 0 Å². The molecule has 0 spiro atoms. The highest BCUT2D eigenvalue weighted by atomic mass is 16.5. The lowest BCUT2D eigenvalue weighted by molar-refractivity contribution is 0.474. The molecule has 36 heteroatoms. The number of hydrogen-bond donors (Lipinski definition) is 0. The second-order valence-corrected chi connectivity index (χ2v) is 22.3. The molecule has 10 aromatic rings. The molecule has 9 aromatic carbocycles. The fraction of sp³-hybridized carbons (Fsp3) is 0. The SMILES string of the molecule is [B]c1c([B])c([B])c2c(c1[B])Oc1c([B])c(-c3c([B])c4c(c([B])c3-n3c5c([B])c([B])c([B])c([B])c5c5c([B])c([B])c([B])c([B])c53)-c3c([B])c([B])c([B])c([B])c3-c3c([B])c([B])c([B])c([B])c3-c3c([B])c([B])c([B])c([B])c3-4)c([B])c3c1B2c1c([B])c([B])c([B])c([B])c1O3. The lowest BCUT2D eigenvalue weighted by Crippen LogP contribution is -2.73. The third-order valence-electron chi connectivity index (χ3n) is 18.1. The summed E-state index contributed by atoms with van der Waals surface area (Å²) in [5, 5.41) is 0.0219. The van der Waals surface area contributed by atoms with Gasteiger partial charge in [-0.1, -0.05) is 76.5 Å². The number of aromatic nitrogens is 1.